The lowest BCUT2D eigenvalue weighted by Crippen LogP contribution is -1.87. The van der Waals surface area contributed by atoms with Crippen molar-refractivity contribution in [3.8, 4) is 11.8 Å². The highest BCUT2D eigenvalue weighted by molar-refractivity contribution is 5.71. The van der Waals surface area contributed by atoms with Crippen LogP contribution in [0.25, 0.3) is 11.1 Å². The van der Waals surface area contributed by atoms with E-state index in [0.717, 1.165) is 5.52 Å². The predicted octanol–water partition coefficient (Wildman–Crippen LogP) is 1.98. The van der Waals surface area contributed by atoms with Gasteiger partial charge in [0.05, 0.1) is 12.5 Å². The molecule has 14 heavy (non-hydrogen) atoms. The minimum absolute atomic E-state index is 0.582. The maximum atomic E-state index is 5.14. The first-order valence-corrected chi connectivity index (χ1v) is 4.63. The SMILES string of the molecule is C(#CC1CC1)c1ncc2occc2n1. The molecule has 0 atom stereocenters. The van der Waals surface area contributed by atoms with E-state index in [1.54, 1.807) is 12.5 Å². The molecule has 0 amide bonds. The number of aromatic nitrogens is 2. The average molecular weight is 184 g/mol. The van der Waals surface area contributed by atoms with Gasteiger partial charge in [0.1, 0.15) is 5.52 Å². The summed E-state index contributed by atoms with van der Waals surface area (Å²) in [6.45, 7) is 0. The fourth-order valence-corrected chi connectivity index (χ4v) is 1.22. The van der Waals surface area contributed by atoms with Crippen LogP contribution in [0.15, 0.2) is 22.9 Å². The lowest BCUT2D eigenvalue weighted by Gasteiger charge is -1.88. The van der Waals surface area contributed by atoms with Crippen LogP contribution in [0.5, 0.6) is 0 Å². The third kappa shape index (κ3) is 1.35. The van der Waals surface area contributed by atoms with Crippen LogP contribution in [0.3, 0.4) is 0 Å². The van der Waals surface area contributed by atoms with E-state index in [4.69, 9.17) is 4.42 Å². The van der Waals surface area contributed by atoms with Gasteiger partial charge in [-0.1, -0.05) is 5.92 Å². The number of hydrogen-bond donors (Lipinski definition) is 0. The molecular weight excluding hydrogens is 176 g/mol. The molecule has 0 radical (unpaired) electrons. The van der Waals surface area contributed by atoms with Crippen molar-refractivity contribution in [3.63, 3.8) is 0 Å². The second-order valence-corrected chi connectivity index (χ2v) is 3.41. The summed E-state index contributed by atoms with van der Waals surface area (Å²) in [5.41, 5.74) is 1.53. The Balaban J connectivity index is 2.01. The Morgan fingerprint density at radius 2 is 2.36 bits per heavy atom. The molecule has 0 N–H and O–H groups in total. The van der Waals surface area contributed by atoms with E-state index in [1.165, 1.54) is 12.8 Å². The molecule has 2 aromatic heterocycles. The fourth-order valence-electron chi connectivity index (χ4n) is 1.22. The van der Waals surface area contributed by atoms with Gasteiger partial charge in [-0.3, -0.25) is 0 Å². The Kier molecular flexibility index (Phi) is 1.54. The van der Waals surface area contributed by atoms with Gasteiger partial charge in [-0.25, -0.2) is 9.97 Å². The third-order valence-electron chi connectivity index (χ3n) is 2.17. The molecule has 2 heterocycles. The normalized spacial score (nSPS) is 15.1. The standard InChI is InChI=1S/C11H8N2O/c1-2-8(1)3-4-11-12-7-10-9(13-11)5-6-14-10/h5-8H,1-2H2. The van der Waals surface area contributed by atoms with Crippen molar-refractivity contribution in [3.05, 3.63) is 24.4 Å². The van der Waals surface area contributed by atoms with Gasteiger partial charge in [0.2, 0.25) is 5.82 Å². The van der Waals surface area contributed by atoms with Gasteiger partial charge in [0.25, 0.3) is 0 Å². The second-order valence-electron chi connectivity index (χ2n) is 3.41. The van der Waals surface area contributed by atoms with Gasteiger partial charge >= 0.3 is 0 Å². The van der Waals surface area contributed by atoms with Crippen LogP contribution in [-0.4, -0.2) is 9.97 Å². The molecule has 2 aromatic rings. The maximum absolute atomic E-state index is 5.14. The zero-order chi connectivity index (χ0) is 9.38. The van der Waals surface area contributed by atoms with Gasteiger partial charge in [0, 0.05) is 12.0 Å². The molecule has 0 bridgehead atoms. The van der Waals surface area contributed by atoms with Crippen molar-refractivity contribution in [1.29, 1.82) is 0 Å². The second kappa shape index (κ2) is 2.85. The summed E-state index contributed by atoms with van der Waals surface area (Å²) < 4.78 is 5.14. The molecule has 0 saturated heterocycles. The summed E-state index contributed by atoms with van der Waals surface area (Å²) in [6, 6.07) is 1.82. The lowest BCUT2D eigenvalue weighted by molar-refractivity contribution is 0.613. The topological polar surface area (TPSA) is 38.9 Å². The third-order valence-corrected chi connectivity index (χ3v) is 2.17. The molecule has 0 unspecified atom stereocenters. The zero-order valence-electron chi connectivity index (χ0n) is 7.53. The van der Waals surface area contributed by atoms with E-state index in [-0.39, 0.29) is 0 Å². The molecule has 1 saturated carbocycles. The Morgan fingerprint density at radius 3 is 3.21 bits per heavy atom. The fraction of sp³-hybridized carbons (Fsp3) is 0.273. The summed E-state index contributed by atoms with van der Waals surface area (Å²) in [7, 11) is 0. The van der Waals surface area contributed by atoms with Crippen LogP contribution in [0, 0.1) is 17.8 Å². The Hall–Kier alpha value is -1.82. The van der Waals surface area contributed by atoms with Gasteiger partial charge in [0.15, 0.2) is 5.58 Å². The molecular formula is C11H8N2O. The van der Waals surface area contributed by atoms with Gasteiger partial charge in [-0.15, -0.1) is 0 Å². The molecule has 68 valence electrons. The Morgan fingerprint density at radius 1 is 1.43 bits per heavy atom. The van der Waals surface area contributed by atoms with E-state index in [2.05, 4.69) is 21.8 Å². The van der Waals surface area contributed by atoms with Crippen molar-refractivity contribution in [2.45, 2.75) is 12.8 Å². The Labute approximate surface area is 81.2 Å². The summed E-state index contributed by atoms with van der Waals surface area (Å²) in [6.07, 6.45) is 5.72. The van der Waals surface area contributed by atoms with Crippen LogP contribution in [-0.2, 0) is 0 Å². The van der Waals surface area contributed by atoms with Crippen molar-refractivity contribution in [2.75, 3.05) is 0 Å². The summed E-state index contributed by atoms with van der Waals surface area (Å²) in [5.74, 6) is 7.27. The number of fused-ring (bicyclic) bond motifs is 1. The van der Waals surface area contributed by atoms with Crippen LogP contribution < -0.4 is 0 Å². The number of nitrogens with zero attached hydrogens (tertiary/aromatic N) is 2. The van der Waals surface area contributed by atoms with E-state index in [1.807, 2.05) is 6.07 Å². The molecule has 3 heteroatoms. The largest absolute Gasteiger partial charge is 0.461 e. The minimum Gasteiger partial charge on any atom is -0.461 e. The molecule has 1 aliphatic rings. The van der Waals surface area contributed by atoms with Crippen molar-refractivity contribution < 1.29 is 4.42 Å². The molecule has 1 fully saturated rings. The summed E-state index contributed by atoms with van der Waals surface area (Å²) in [4.78, 5) is 8.36. The van der Waals surface area contributed by atoms with E-state index >= 15 is 0 Å². The van der Waals surface area contributed by atoms with Gasteiger partial charge < -0.3 is 4.42 Å². The van der Waals surface area contributed by atoms with Crippen molar-refractivity contribution >= 4 is 11.1 Å². The highest BCUT2D eigenvalue weighted by Crippen LogP contribution is 2.27. The first-order valence-electron chi connectivity index (χ1n) is 4.63. The molecule has 3 rings (SSSR count). The maximum Gasteiger partial charge on any atom is 0.205 e. The van der Waals surface area contributed by atoms with E-state index in [0.29, 0.717) is 17.3 Å². The van der Waals surface area contributed by atoms with Crippen LogP contribution in [0.2, 0.25) is 0 Å². The quantitative estimate of drug-likeness (QED) is 0.588. The van der Waals surface area contributed by atoms with Crippen LogP contribution >= 0.6 is 0 Å². The average Bonchev–Trinajstić information content (AvgIpc) is 2.92. The zero-order valence-corrected chi connectivity index (χ0v) is 7.53. The predicted molar refractivity (Wildman–Crippen MR) is 51.4 cm³/mol. The number of hydrogen-bond acceptors (Lipinski definition) is 3. The molecule has 0 spiro atoms. The van der Waals surface area contributed by atoms with Crippen molar-refractivity contribution in [2.24, 2.45) is 5.92 Å². The smallest absolute Gasteiger partial charge is 0.205 e. The lowest BCUT2D eigenvalue weighted by atomic mass is 10.4. The highest BCUT2D eigenvalue weighted by atomic mass is 16.3. The number of furan rings is 1. The molecule has 3 nitrogen and oxygen atoms in total. The van der Waals surface area contributed by atoms with Crippen LogP contribution in [0.1, 0.15) is 18.7 Å². The Bertz CT molecular complexity index is 529. The summed E-state index contributed by atoms with van der Waals surface area (Å²) in [5, 5.41) is 0. The van der Waals surface area contributed by atoms with E-state index in [9.17, 15) is 0 Å². The van der Waals surface area contributed by atoms with Gasteiger partial charge in [-0.2, -0.15) is 0 Å². The van der Waals surface area contributed by atoms with Gasteiger partial charge in [-0.05, 0) is 18.8 Å². The molecule has 0 aliphatic heterocycles. The van der Waals surface area contributed by atoms with Crippen molar-refractivity contribution in [1.82, 2.24) is 9.97 Å². The van der Waals surface area contributed by atoms with Crippen LogP contribution in [0.4, 0.5) is 0 Å². The first-order chi connectivity index (χ1) is 6.92. The minimum atomic E-state index is 0.582. The van der Waals surface area contributed by atoms with E-state index < -0.39 is 0 Å². The molecule has 0 aromatic carbocycles. The highest BCUT2D eigenvalue weighted by Gasteiger charge is 2.17. The first kappa shape index (κ1) is 7.57. The summed E-state index contributed by atoms with van der Waals surface area (Å²) >= 11 is 0. The molecule has 1 aliphatic carbocycles. The monoisotopic (exact) mass is 184 g/mol. The number of rotatable bonds is 0.